The fraction of sp³-hybridized carbons (Fsp3) is 0.526. The third-order valence-electron chi connectivity index (χ3n) is 4.78. The van der Waals surface area contributed by atoms with E-state index in [0.29, 0.717) is 18.7 Å². The number of amides is 1. The molecule has 2 aromatic rings. The van der Waals surface area contributed by atoms with Crippen LogP contribution < -0.4 is 0 Å². The number of likely N-dealkylation sites (tertiary alicyclic amines) is 1. The molecule has 1 fully saturated rings. The second kappa shape index (κ2) is 8.40. The summed E-state index contributed by atoms with van der Waals surface area (Å²) in [7, 11) is 4.14. The van der Waals surface area contributed by atoms with Crippen molar-refractivity contribution in [2.45, 2.75) is 31.7 Å². The maximum absolute atomic E-state index is 13.4. The van der Waals surface area contributed by atoms with Crippen molar-refractivity contribution in [3.05, 3.63) is 48.1 Å². The van der Waals surface area contributed by atoms with Gasteiger partial charge in [0.1, 0.15) is 11.6 Å². The molecule has 0 radical (unpaired) electrons. The first-order valence-corrected chi connectivity index (χ1v) is 9.10. The Morgan fingerprint density at radius 3 is 3.00 bits per heavy atom. The lowest BCUT2D eigenvalue weighted by molar-refractivity contribution is 0.0702. The van der Waals surface area contributed by atoms with Gasteiger partial charge < -0.3 is 14.4 Å². The maximum Gasteiger partial charge on any atom is 0.255 e. The number of carbonyl (C=O) groups is 1. The van der Waals surface area contributed by atoms with E-state index in [-0.39, 0.29) is 11.8 Å². The molecular formula is C19H26FN5O. The molecule has 0 saturated carbocycles. The van der Waals surface area contributed by atoms with E-state index < -0.39 is 5.82 Å². The summed E-state index contributed by atoms with van der Waals surface area (Å²) in [5.74, 6) is 0.607. The second-order valence-electron chi connectivity index (χ2n) is 7.12. The van der Waals surface area contributed by atoms with Gasteiger partial charge in [-0.25, -0.2) is 9.37 Å². The number of hydrogen-bond donors (Lipinski definition) is 0. The summed E-state index contributed by atoms with van der Waals surface area (Å²) in [6.45, 7) is 3.25. The van der Waals surface area contributed by atoms with Gasteiger partial charge in [0.15, 0.2) is 0 Å². The number of aromatic nitrogens is 3. The van der Waals surface area contributed by atoms with Gasteiger partial charge in [0, 0.05) is 44.1 Å². The molecule has 0 aromatic carbocycles. The van der Waals surface area contributed by atoms with E-state index >= 15 is 0 Å². The molecule has 6 nitrogen and oxygen atoms in total. The molecule has 1 atom stereocenters. The van der Waals surface area contributed by atoms with Crippen molar-refractivity contribution in [3.63, 3.8) is 0 Å². The minimum Gasteiger partial charge on any atom is -0.338 e. The second-order valence-corrected chi connectivity index (χ2v) is 7.12. The van der Waals surface area contributed by atoms with Crippen molar-refractivity contribution < 1.29 is 9.18 Å². The van der Waals surface area contributed by atoms with Crippen LogP contribution in [0.2, 0.25) is 0 Å². The molecule has 140 valence electrons. The van der Waals surface area contributed by atoms with Gasteiger partial charge >= 0.3 is 0 Å². The Kier molecular flexibility index (Phi) is 5.98. The Bertz CT molecular complexity index is 745. The third-order valence-corrected chi connectivity index (χ3v) is 4.78. The van der Waals surface area contributed by atoms with E-state index in [1.807, 2.05) is 12.4 Å². The number of hydrogen-bond acceptors (Lipinski definition) is 4. The highest BCUT2D eigenvalue weighted by Crippen LogP contribution is 2.27. The van der Waals surface area contributed by atoms with Crippen molar-refractivity contribution in [1.82, 2.24) is 24.3 Å². The first kappa shape index (κ1) is 18.5. The van der Waals surface area contributed by atoms with Gasteiger partial charge in [-0.3, -0.25) is 9.78 Å². The van der Waals surface area contributed by atoms with Gasteiger partial charge in [0.05, 0.1) is 11.8 Å². The molecule has 0 unspecified atom stereocenters. The third kappa shape index (κ3) is 4.46. The molecule has 3 rings (SSSR count). The molecule has 2 aromatic heterocycles. The van der Waals surface area contributed by atoms with Crippen molar-refractivity contribution >= 4 is 5.91 Å². The van der Waals surface area contributed by atoms with Crippen LogP contribution >= 0.6 is 0 Å². The average molecular weight is 359 g/mol. The van der Waals surface area contributed by atoms with Crippen LogP contribution in [0.4, 0.5) is 4.39 Å². The Morgan fingerprint density at radius 2 is 2.23 bits per heavy atom. The summed E-state index contributed by atoms with van der Waals surface area (Å²) in [4.78, 5) is 25.0. The van der Waals surface area contributed by atoms with Crippen molar-refractivity contribution in [2.24, 2.45) is 0 Å². The molecule has 0 aliphatic carbocycles. The van der Waals surface area contributed by atoms with Gasteiger partial charge in [0.2, 0.25) is 0 Å². The van der Waals surface area contributed by atoms with Crippen LogP contribution in [-0.2, 0) is 6.54 Å². The van der Waals surface area contributed by atoms with Gasteiger partial charge in [-0.1, -0.05) is 0 Å². The Morgan fingerprint density at radius 1 is 1.38 bits per heavy atom. The number of aryl methyl sites for hydroxylation is 1. The van der Waals surface area contributed by atoms with Crippen molar-refractivity contribution in [2.75, 3.05) is 33.7 Å². The van der Waals surface area contributed by atoms with Crippen molar-refractivity contribution in [3.8, 4) is 0 Å². The van der Waals surface area contributed by atoms with Crippen LogP contribution in [0.25, 0.3) is 0 Å². The molecule has 1 aliphatic heterocycles. The number of imidazole rings is 1. The molecule has 0 bridgehead atoms. The zero-order valence-electron chi connectivity index (χ0n) is 15.4. The highest BCUT2D eigenvalue weighted by atomic mass is 19.1. The standard InChI is InChI=1S/C19H26FN5O/c1-23(2)7-4-9-24-10-6-22-18(24)15-5-3-8-25(14-15)19(26)16-11-17(20)13-21-12-16/h6,10-13,15H,3-5,7-9,14H2,1-2H3/t15-/m1/s1. The minimum atomic E-state index is -0.485. The molecule has 7 heteroatoms. The van der Waals surface area contributed by atoms with Crippen LogP contribution in [0.1, 0.15) is 41.4 Å². The molecule has 0 N–H and O–H groups in total. The fourth-order valence-corrected chi connectivity index (χ4v) is 3.51. The van der Waals surface area contributed by atoms with E-state index in [9.17, 15) is 9.18 Å². The predicted molar refractivity (Wildman–Crippen MR) is 97.5 cm³/mol. The first-order valence-electron chi connectivity index (χ1n) is 9.10. The number of nitrogens with zero attached hydrogens (tertiary/aromatic N) is 5. The van der Waals surface area contributed by atoms with Crippen molar-refractivity contribution in [1.29, 1.82) is 0 Å². The molecule has 1 saturated heterocycles. The first-order chi connectivity index (χ1) is 12.5. The number of pyridine rings is 1. The van der Waals surface area contributed by atoms with Gasteiger partial charge in [-0.15, -0.1) is 0 Å². The lowest BCUT2D eigenvalue weighted by Crippen LogP contribution is -2.39. The molecule has 1 amide bonds. The molecule has 1 aliphatic rings. The monoisotopic (exact) mass is 359 g/mol. The summed E-state index contributed by atoms with van der Waals surface area (Å²) < 4.78 is 15.6. The molecule has 3 heterocycles. The molecule has 26 heavy (non-hydrogen) atoms. The van der Waals surface area contributed by atoms with E-state index in [1.54, 1.807) is 4.90 Å². The van der Waals surface area contributed by atoms with Crippen LogP contribution in [0.3, 0.4) is 0 Å². The van der Waals surface area contributed by atoms with E-state index in [0.717, 1.165) is 44.4 Å². The minimum absolute atomic E-state index is 0.160. The highest BCUT2D eigenvalue weighted by molar-refractivity contribution is 5.94. The SMILES string of the molecule is CN(C)CCCn1ccnc1[C@@H]1CCCN(C(=O)c2cncc(F)c2)C1. The van der Waals surface area contributed by atoms with Crippen LogP contribution in [0.15, 0.2) is 30.9 Å². The fourth-order valence-electron chi connectivity index (χ4n) is 3.51. The Hall–Kier alpha value is -2.28. The van der Waals surface area contributed by atoms with Crippen LogP contribution in [-0.4, -0.2) is 64.0 Å². The molecular weight excluding hydrogens is 333 g/mol. The quantitative estimate of drug-likeness (QED) is 0.795. The van der Waals surface area contributed by atoms with E-state index in [1.165, 1.54) is 12.3 Å². The number of carbonyl (C=O) groups excluding carboxylic acids is 1. The average Bonchev–Trinajstić information content (AvgIpc) is 3.09. The summed E-state index contributed by atoms with van der Waals surface area (Å²) in [6, 6.07) is 1.25. The summed E-state index contributed by atoms with van der Waals surface area (Å²) in [6.07, 6.45) is 9.38. The Labute approximate surface area is 153 Å². The van der Waals surface area contributed by atoms with E-state index in [2.05, 4.69) is 33.5 Å². The number of rotatable bonds is 6. The smallest absolute Gasteiger partial charge is 0.255 e. The van der Waals surface area contributed by atoms with Gasteiger partial charge in [-0.2, -0.15) is 0 Å². The topological polar surface area (TPSA) is 54.3 Å². The zero-order chi connectivity index (χ0) is 18.5. The summed E-state index contributed by atoms with van der Waals surface area (Å²) >= 11 is 0. The highest BCUT2D eigenvalue weighted by Gasteiger charge is 2.28. The van der Waals surface area contributed by atoms with Crippen LogP contribution in [0, 0.1) is 5.82 Å². The number of halogens is 1. The van der Waals surface area contributed by atoms with Gasteiger partial charge in [-0.05, 0) is 46.0 Å². The summed E-state index contributed by atoms with van der Waals surface area (Å²) in [5, 5.41) is 0. The van der Waals surface area contributed by atoms with Gasteiger partial charge in [0.25, 0.3) is 5.91 Å². The van der Waals surface area contributed by atoms with Crippen LogP contribution in [0.5, 0.6) is 0 Å². The Balaban J connectivity index is 1.67. The lowest BCUT2D eigenvalue weighted by Gasteiger charge is -2.32. The lowest BCUT2D eigenvalue weighted by atomic mass is 9.96. The normalized spacial score (nSPS) is 17.7. The predicted octanol–water partition coefficient (Wildman–Crippen LogP) is 2.39. The van der Waals surface area contributed by atoms with E-state index in [4.69, 9.17) is 0 Å². The summed E-state index contributed by atoms with van der Waals surface area (Å²) in [5.41, 5.74) is 0.306. The largest absolute Gasteiger partial charge is 0.338 e. The maximum atomic E-state index is 13.4. The number of piperidine rings is 1. The zero-order valence-corrected chi connectivity index (χ0v) is 15.4. The molecule has 0 spiro atoms.